The second kappa shape index (κ2) is 7.27. The minimum atomic E-state index is -0.483. The molecule has 1 aliphatic heterocycles. The van der Waals surface area contributed by atoms with E-state index in [9.17, 15) is 9.59 Å². The van der Waals surface area contributed by atoms with E-state index in [0.717, 1.165) is 12.8 Å². The highest BCUT2D eigenvalue weighted by Gasteiger charge is 2.25. The number of nitrogens with zero attached hydrogens (tertiary/aromatic N) is 4. The number of hydrogen-bond acceptors (Lipinski definition) is 4. The van der Waals surface area contributed by atoms with Crippen LogP contribution in [0.15, 0.2) is 36.9 Å². The average molecular weight is 355 g/mol. The molecule has 1 N–H and O–H groups in total. The molecular weight excluding hydrogens is 330 g/mol. The molecule has 1 saturated heterocycles. The zero-order valence-corrected chi connectivity index (χ0v) is 15.5. The zero-order chi connectivity index (χ0) is 18.7. The number of rotatable bonds is 3. The molecule has 0 spiro atoms. The molecule has 7 nitrogen and oxygen atoms in total. The quantitative estimate of drug-likeness (QED) is 0.918. The van der Waals surface area contributed by atoms with Crippen LogP contribution in [0.2, 0.25) is 0 Å². The fraction of sp³-hybridized carbons (Fsp3) is 0.474. The molecular formula is C19H25N5O2. The van der Waals surface area contributed by atoms with E-state index in [1.165, 1.54) is 6.33 Å². The fourth-order valence-corrected chi connectivity index (χ4v) is 2.97. The first-order valence-electron chi connectivity index (χ1n) is 8.89. The van der Waals surface area contributed by atoms with Gasteiger partial charge >= 0.3 is 0 Å². The predicted molar refractivity (Wildman–Crippen MR) is 98.7 cm³/mol. The molecule has 1 aliphatic rings. The highest BCUT2D eigenvalue weighted by Crippen LogP contribution is 2.23. The van der Waals surface area contributed by atoms with E-state index < -0.39 is 5.41 Å². The number of amides is 2. The summed E-state index contributed by atoms with van der Waals surface area (Å²) in [5, 5.41) is 7.07. The van der Waals surface area contributed by atoms with Gasteiger partial charge in [-0.1, -0.05) is 26.8 Å². The van der Waals surface area contributed by atoms with Crippen molar-refractivity contribution in [3.05, 3.63) is 42.5 Å². The van der Waals surface area contributed by atoms with Gasteiger partial charge in [-0.2, -0.15) is 5.10 Å². The molecule has 138 valence electrons. The van der Waals surface area contributed by atoms with Gasteiger partial charge < -0.3 is 10.2 Å². The number of carbonyl (C=O) groups excluding carboxylic acids is 2. The van der Waals surface area contributed by atoms with Gasteiger partial charge in [-0.05, 0) is 31.0 Å². The van der Waals surface area contributed by atoms with Crippen LogP contribution in [-0.2, 0) is 4.79 Å². The van der Waals surface area contributed by atoms with E-state index in [2.05, 4.69) is 15.4 Å². The third kappa shape index (κ3) is 4.09. The smallest absolute Gasteiger partial charge is 0.253 e. The van der Waals surface area contributed by atoms with Crippen LogP contribution in [-0.4, -0.2) is 44.6 Å². The van der Waals surface area contributed by atoms with E-state index in [1.54, 1.807) is 30.6 Å². The van der Waals surface area contributed by atoms with Crippen LogP contribution < -0.4 is 5.32 Å². The number of hydrogen-bond donors (Lipinski definition) is 1. The molecule has 3 rings (SSSR count). The maximum atomic E-state index is 12.8. The van der Waals surface area contributed by atoms with Crippen molar-refractivity contribution in [2.75, 3.05) is 18.4 Å². The second-order valence-corrected chi connectivity index (χ2v) is 7.68. The van der Waals surface area contributed by atoms with Crippen LogP contribution in [0.4, 0.5) is 5.69 Å². The normalized spacial score (nSPS) is 15.7. The first-order valence-corrected chi connectivity index (χ1v) is 8.89. The lowest BCUT2D eigenvalue weighted by Crippen LogP contribution is -2.39. The number of nitrogens with one attached hydrogen (secondary N) is 1. The number of anilines is 1. The molecule has 7 heteroatoms. The number of aromatic nitrogens is 3. The highest BCUT2D eigenvalue weighted by molar-refractivity contribution is 5.98. The van der Waals surface area contributed by atoms with E-state index in [1.807, 2.05) is 30.4 Å². The number of benzene rings is 1. The Labute approximate surface area is 153 Å². The van der Waals surface area contributed by atoms with Crippen LogP contribution in [0.25, 0.3) is 0 Å². The number of likely N-dealkylation sites (tertiary alicyclic amines) is 1. The maximum Gasteiger partial charge on any atom is 0.253 e. The molecule has 0 unspecified atom stereocenters. The zero-order valence-electron chi connectivity index (χ0n) is 15.5. The lowest BCUT2D eigenvalue weighted by Gasteiger charge is -2.32. The molecule has 0 bridgehead atoms. The van der Waals surface area contributed by atoms with Gasteiger partial charge in [0.25, 0.3) is 5.91 Å². The molecule has 0 radical (unpaired) electrons. The van der Waals surface area contributed by atoms with E-state index in [4.69, 9.17) is 0 Å². The summed E-state index contributed by atoms with van der Waals surface area (Å²) in [6.07, 6.45) is 4.98. The van der Waals surface area contributed by atoms with Crippen molar-refractivity contribution in [3.8, 4) is 0 Å². The van der Waals surface area contributed by atoms with Gasteiger partial charge in [-0.3, -0.25) is 9.59 Å². The number of carbonyl (C=O) groups is 2. The van der Waals surface area contributed by atoms with Crippen molar-refractivity contribution in [1.29, 1.82) is 0 Å². The van der Waals surface area contributed by atoms with Gasteiger partial charge in [0, 0.05) is 29.8 Å². The highest BCUT2D eigenvalue weighted by atomic mass is 16.2. The topological polar surface area (TPSA) is 80.1 Å². The molecule has 2 amide bonds. The summed E-state index contributed by atoms with van der Waals surface area (Å²) in [5.41, 5.74) is 0.757. The monoisotopic (exact) mass is 355 g/mol. The van der Waals surface area contributed by atoms with Crippen LogP contribution in [0.1, 0.15) is 50.0 Å². The van der Waals surface area contributed by atoms with Crippen LogP contribution in [0.5, 0.6) is 0 Å². The molecule has 1 fully saturated rings. The lowest BCUT2D eigenvalue weighted by molar-refractivity contribution is -0.123. The molecule has 2 heterocycles. The Bertz CT molecular complexity index is 771. The van der Waals surface area contributed by atoms with Gasteiger partial charge in [-0.25, -0.2) is 9.67 Å². The fourth-order valence-electron chi connectivity index (χ4n) is 2.97. The molecule has 0 atom stereocenters. The molecule has 2 aromatic rings. The third-order valence-corrected chi connectivity index (χ3v) is 4.61. The summed E-state index contributed by atoms with van der Waals surface area (Å²) in [5.74, 6) is -0.0790. The van der Waals surface area contributed by atoms with Crippen molar-refractivity contribution in [2.45, 2.75) is 39.7 Å². The lowest BCUT2D eigenvalue weighted by atomic mass is 9.95. The minimum absolute atomic E-state index is 0.00565. The third-order valence-electron chi connectivity index (χ3n) is 4.61. The number of piperidine rings is 1. The second-order valence-electron chi connectivity index (χ2n) is 7.68. The summed E-state index contributed by atoms with van der Waals surface area (Å²) in [6, 6.07) is 7.43. The van der Waals surface area contributed by atoms with Gasteiger partial charge in [0.2, 0.25) is 5.91 Å². The molecule has 1 aromatic carbocycles. The molecule has 26 heavy (non-hydrogen) atoms. The maximum absolute atomic E-state index is 12.8. The van der Waals surface area contributed by atoms with Gasteiger partial charge in [-0.15, -0.1) is 0 Å². The van der Waals surface area contributed by atoms with Crippen LogP contribution in [0.3, 0.4) is 0 Å². The molecule has 1 aromatic heterocycles. The van der Waals surface area contributed by atoms with Crippen LogP contribution in [0, 0.1) is 5.41 Å². The minimum Gasteiger partial charge on any atom is -0.338 e. The molecule has 0 aliphatic carbocycles. The standard InChI is InChI=1S/C19H25N5O2/c1-19(2,3)18(26)22-15-6-4-5-14(11-15)17(25)23-9-7-16(8-10-23)24-13-20-12-21-24/h4-6,11-13,16H,7-10H2,1-3H3,(H,22,26). The van der Waals surface area contributed by atoms with Crippen molar-refractivity contribution < 1.29 is 9.59 Å². The van der Waals surface area contributed by atoms with E-state index in [0.29, 0.717) is 30.4 Å². The summed E-state index contributed by atoms with van der Waals surface area (Å²) in [4.78, 5) is 30.8. The Hall–Kier alpha value is -2.70. The van der Waals surface area contributed by atoms with Crippen molar-refractivity contribution >= 4 is 17.5 Å². The Balaban J connectivity index is 1.63. The molecule has 0 saturated carbocycles. The Kier molecular flexibility index (Phi) is 5.06. The average Bonchev–Trinajstić information content (AvgIpc) is 3.15. The SMILES string of the molecule is CC(C)(C)C(=O)Nc1cccc(C(=O)N2CCC(n3cncn3)CC2)c1. The first-order chi connectivity index (χ1) is 12.3. The Morgan fingerprint density at radius 2 is 1.92 bits per heavy atom. The summed E-state index contributed by atoms with van der Waals surface area (Å²) in [6.45, 7) is 6.94. The largest absolute Gasteiger partial charge is 0.338 e. The first kappa shape index (κ1) is 18.1. The van der Waals surface area contributed by atoms with Gasteiger partial charge in [0.05, 0.1) is 6.04 Å². The van der Waals surface area contributed by atoms with Crippen molar-refractivity contribution in [1.82, 2.24) is 19.7 Å². The van der Waals surface area contributed by atoms with Crippen molar-refractivity contribution in [3.63, 3.8) is 0 Å². The predicted octanol–water partition coefficient (Wildman–Crippen LogP) is 2.74. The summed E-state index contributed by atoms with van der Waals surface area (Å²) in [7, 11) is 0. The van der Waals surface area contributed by atoms with Crippen LogP contribution >= 0.6 is 0 Å². The van der Waals surface area contributed by atoms with E-state index >= 15 is 0 Å². The van der Waals surface area contributed by atoms with E-state index in [-0.39, 0.29) is 11.8 Å². The summed E-state index contributed by atoms with van der Waals surface area (Å²) >= 11 is 0. The van der Waals surface area contributed by atoms with Gasteiger partial charge in [0.15, 0.2) is 0 Å². The Morgan fingerprint density at radius 3 is 2.54 bits per heavy atom. The summed E-state index contributed by atoms with van der Waals surface area (Å²) < 4.78 is 1.87. The Morgan fingerprint density at radius 1 is 1.19 bits per heavy atom. The van der Waals surface area contributed by atoms with Gasteiger partial charge in [0.1, 0.15) is 12.7 Å². The van der Waals surface area contributed by atoms with Crippen molar-refractivity contribution in [2.24, 2.45) is 5.41 Å².